The summed E-state index contributed by atoms with van der Waals surface area (Å²) in [5, 5.41) is 8.57. The molecule has 100 valence electrons. The third kappa shape index (κ3) is 5.39. The molecular weight excluding hydrogens is 254 g/mol. The van der Waals surface area contributed by atoms with E-state index >= 15 is 0 Å². The molecule has 1 atom stereocenters. The molecule has 3 N–H and O–H groups in total. The molecule has 0 amide bonds. The largest absolute Gasteiger partial charge is 0.497 e. The van der Waals surface area contributed by atoms with Gasteiger partial charge in [-0.15, -0.1) is 11.8 Å². The van der Waals surface area contributed by atoms with E-state index in [1.54, 1.807) is 7.11 Å². The second-order valence-electron chi connectivity index (χ2n) is 3.63. The molecule has 18 heavy (non-hydrogen) atoms. The lowest BCUT2D eigenvalue weighted by Gasteiger charge is -2.07. The van der Waals surface area contributed by atoms with Crippen LogP contribution in [-0.2, 0) is 16.1 Å². The van der Waals surface area contributed by atoms with Crippen molar-refractivity contribution >= 4 is 17.7 Å². The van der Waals surface area contributed by atoms with Gasteiger partial charge in [-0.3, -0.25) is 4.79 Å². The van der Waals surface area contributed by atoms with E-state index < -0.39 is 12.0 Å². The summed E-state index contributed by atoms with van der Waals surface area (Å²) in [6.45, 7) is 0.485. The number of nitrogens with two attached hydrogens (primary N) is 1. The minimum absolute atomic E-state index is 0.345. The van der Waals surface area contributed by atoms with E-state index in [1.165, 1.54) is 11.8 Å². The Kier molecular flexibility index (Phi) is 6.56. The van der Waals surface area contributed by atoms with E-state index in [4.69, 9.17) is 20.3 Å². The zero-order valence-electron chi connectivity index (χ0n) is 10.2. The third-order valence-corrected chi connectivity index (χ3v) is 3.14. The molecule has 0 aromatic heterocycles. The predicted octanol–water partition coefficient (Wildman–Crippen LogP) is 1.31. The van der Waals surface area contributed by atoms with Crippen LogP contribution in [0.4, 0.5) is 0 Å². The summed E-state index contributed by atoms with van der Waals surface area (Å²) in [4.78, 5) is 10.5. The average Bonchev–Trinajstić information content (AvgIpc) is 2.38. The quantitative estimate of drug-likeness (QED) is 0.548. The Bertz CT molecular complexity index is 369. The van der Waals surface area contributed by atoms with Gasteiger partial charge in [0.05, 0.1) is 19.7 Å². The van der Waals surface area contributed by atoms with Crippen LogP contribution in [0.25, 0.3) is 0 Å². The molecule has 1 rings (SSSR count). The first-order valence-corrected chi connectivity index (χ1v) is 6.55. The summed E-state index contributed by atoms with van der Waals surface area (Å²) in [5.74, 6) is 0.587. The molecule has 0 saturated heterocycles. The fourth-order valence-electron chi connectivity index (χ4n) is 1.19. The standard InChI is InChI=1S/C12H17NO4S/c1-16-10-4-2-9(3-5-10)6-17-8-18-7-11(13)12(14)15/h2-5,11H,6-8,13H2,1H3,(H,14,15)/t11-/m0/s1. The van der Waals surface area contributed by atoms with Gasteiger partial charge in [-0.05, 0) is 17.7 Å². The number of ether oxygens (including phenoxy) is 2. The number of carbonyl (C=O) groups is 1. The van der Waals surface area contributed by atoms with E-state index in [0.717, 1.165) is 11.3 Å². The van der Waals surface area contributed by atoms with Crippen molar-refractivity contribution in [1.29, 1.82) is 0 Å². The molecule has 0 saturated carbocycles. The Morgan fingerprint density at radius 2 is 2.11 bits per heavy atom. The van der Waals surface area contributed by atoms with Crippen molar-refractivity contribution in [2.45, 2.75) is 12.6 Å². The van der Waals surface area contributed by atoms with E-state index in [9.17, 15) is 4.79 Å². The average molecular weight is 271 g/mol. The van der Waals surface area contributed by atoms with Crippen LogP contribution in [0.1, 0.15) is 5.56 Å². The fourth-order valence-corrected chi connectivity index (χ4v) is 1.88. The van der Waals surface area contributed by atoms with Crippen molar-refractivity contribution in [3.8, 4) is 5.75 Å². The van der Waals surface area contributed by atoms with Crippen molar-refractivity contribution in [2.75, 3.05) is 18.8 Å². The number of hydrogen-bond acceptors (Lipinski definition) is 5. The van der Waals surface area contributed by atoms with Crippen LogP contribution < -0.4 is 10.5 Å². The molecule has 0 aliphatic carbocycles. The monoisotopic (exact) mass is 271 g/mol. The minimum atomic E-state index is -0.988. The van der Waals surface area contributed by atoms with Crippen LogP contribution >= 0.6 is 11.8 Å². The van der Waals surface area contributed by atoms with Gasteiger partial charge < -0.3 is 20.3 Å². The summed E-state index contributed by atoms with van der Waals surface area (Å²) in [7, 11) is 1.62. The lowest BCUT2D eigenvalue weighted by atomic mass is 10.2. The van der Waals surface area contributed by atoms with E-state index in [0.29, 0.717) is 18.3 Å². The highest BCUT2D eigenvalue weighted by molar-refractivity contribution is 7.99. The first kappa shape index (κ1) is 14.8. The molecule has 0 fully saturated rings. The summed E-state index contributed by atoms with van der Waals surface area (Å²) in [6, 6.07) is 6.75. The number of hydrogen-bond donors (Lipinski definition) is 2. The molecule has 5 nitrogen and oxygen atoms in total. The van der Waals surface area contributed by atoms with Crippen LogP contribution in [0.3, 0.4) is 0 Å². The second kappa shape index (κ2) is 7.97. The second-order valence-corrected chi connectivity index (χ2v) is 4.61. The molecule has 0 unspecified atom stereocenters. The maximum atomic E-state index is 10.5. The molecule has 0 bridgehead atoms. The zero-order chi connectivity index (χ0) is 13.4. The first-order valence-electron chi connectivity index (χ1n) is 5.40. The van der Waals surface area contributed by atoms with Crippen LogP contribution in [-0.4, -0.2) is 35.9 Å². The van der Waals surface area contributed by atoms with Crippen LogP contribution in [0, 0.1) is 0 Å². The Balaban J connectivity index is 2.15. The van der Waals surface area contributed by atoms with Crippen molar-refractivity contribution < 1.29 is 19.4 Å². The van der Waals surface area contributed by atoms with Gasteiger partial charge in [-0.1, -0.05) is 12.1 Å². The number of methoxy groups -OCH3 is 1. The molecule has 0 aliphatic heterocycles. The maximum absolute atomic E-state index is 10.5. The molecule has 0 spiro atoms. The Labute approximate surface area is 110 Å². The van der Waals surface area contributed by atoms with Crippen molar-refractivity contribution in [1.82, 2.24) is 0 Å². The molecule has 0 radical (unpaired) electrons. The van der Waals surface area contributed by atoms with Gasteiger partial charge in [0, 0.05) is 5.75 Å². The topological polar surface area (TPSA) is 81.8 Å². The molecule has 1 aromatic carbocycles. The number of carboxylic acids is 1. The zero-order valence-corrected chi connectivity index (χ0v) is 11.0. The summed E-state index contributed by atoms with van der Waals surface area (Å²) in [5.41, 5.74) is 6.39. The van der Waals surface area contributed by atoms with Crippen molar-refractivity contribution in [2.24, 2.45) is 5.73 Å². The minimum Gasteiger partial charge on any atom is -0.497 e. The Hall–Kier alpha value is -1.24. The van der Waals surface area contributed by atoms with Crippen molar-refractivity contribution in [3.63, 3.8) is 0 Å². The molecule has 0 heterocycles. The van der Waals surface area contributed by atoms with Gasteiger partial charge in [0.25, 0.3) is 0 Å². The summed E-state index contributed by atoms with van der Waals surface area (Å²) in [6.07, 6.45) is 0. The third-order valence-electron chi connectivity index (χ3n) is 2.21. The van der Waals surface area contributed by atoms with Gasteiger partial charge in [0.2, 0.25) is 0 Å². The molecule has 1 aromatic rings. The number of aliphatic carboxylic acids is 1. The smallest absolute Gasteiger partial charge is 0.321 e. The van der Waals surface area contributed by atoms with Gasteiger partial charge in [0.15, 0.2) is 0 Å². The van der Waals surface area contributed by atoms with E-state index in [-0.39, 0.29) is 0 Å². The lowest BCUT2D eigenvalue weighted by molar-refractivity contribution is -0.137. The summed E-state index contributed by atoms with van der Waals surface area (Å²) >= 11 is 1.36. The predicted molar refractivity (Wildman–Crippen MR) is 70.7 cm³/mol. The number of carboxylic acid groups (broad SMARTS) is 1. The summed E-state index contributed by atoms with van der Waals surface area (Å²) < 4.78 is 10.4. The fraction of sp³-hybridized carbons (Fsp3) is 0.417. The SMILES string of the molecule is COc1ccc(COCSC[C@H](N)C(=O)O)cc1. The number of thioether (sulfide) groups is 1. The van der Waals surface area contributed by atoms with Gasteiger partial charge in [0.1, 0.15) is 11.8 Å². The lowest BCUT2D eigenvalue weighted by Crippen LogP contribution is -2.32. The molecular formula is C12H17NO4S. The highest BCUT2D eigenvalue weighted by atomic mass is 32.2. The first-order chi connectivity index (χ1) is 8.63. The van der Waals surface area contributed by atoms with Gasteiger partial charge in [-0.25, -0.2) is 0 Å². The maximum Gasteiger partial charge on any atom is 0.321 e. The van der Waals surface area contributed by atoms with E-state index in [1.807, 2.05) is 24.3 Å². The molecule has 6 heteroatoms. The number of benzene rings is 1. The van der Waals surface area contributed by atoms with E-state index in [2.05, 4.69) is 0 Å². The number of rotatable bonds is 8. The van der Waals surface area contributed by atoms with Crippen molar-refractivity contribution in [3.05, 3.63) is 29.8 Å². The van der Waals surface area contributed by atoms with Crippen LogP contribution in [0.15, 0.2) is 24.3 Å². The van der Waals surface area contributed by atoms with Crippen LogP contribution in [0.5, 0.6) is 5.75 Å². The van der Waals surface area contributed by atoms with Gasteiger partial charge >= 0.3 is 5.97 Å². The Morgan fingerprint density at radius 3 is 2.67 bits per heavy atom. The highest BCUT2D eigenvalue weighted by Crippen LogP contribution is 2.12. The highest BCUT2D eigenvalue weighted by Gasteiger charge is 2.10. The molecule has 0 aliphatic rings. The van der Waals surface area contributed by atoms with Gasteiger partial charge in [-0.2, -0.15) is 0 Å². The van der Waals surface area contributed by atoms with Crippen LogP contribution in [0.2, 0.25) is 0 Å². The Morgan fingerprint density at radius 1 is 1.44 bits per heavy atom. The normalized spacial score (nSPS) is 12.1.